The van der Waals surface area contributed by atoms with E-state index in [-0.39, 0.29) is 24.2 Å². The third-order valence-electron chi connectivity index (χ3n) is 5.66. The van der Waals surface area contributed by atoms with Gasteiger partial charge in [0.25, 0.3) is 10.1 Å². The minimum atomic E-state index is -4.15. The summed E-state index contributed by atoms with van der Waals surface area (Å²) in [7, 11) is -0.421. The van der Waals surface area contributed by atoms with E-state index in [0.29, 0.717) is 6.42 Å². The van der Waals surface area contributed by atoms with Crippen molar-refractivity contribution in [3.63, 3.8) is 0 Å². The van der Waals surface area contributed by atoms with Crippen LogP contribution < -0.4 is 0 Å². The van der Waals surface area contributed by atoms with Crippen molar-refractivity contribution in [3.8, 4) is 0 Å². The van der Waals surface area contributed by atoms with Gasteiger partial charge in [-0.3, -0.25) is 13.8 Å². The Balaban J connectivity index is 2.14. The lowest BCUT2D eigenvalue weighted by Gasteiger charge is -2.42. The van der Waals surface area contributed by atoms with Crippen LogP contribution in [0.3, 0.4) is 0 Å². The first kappa shape index (κ1) is 30.2. The lowest BCUT2D eigenvalue weighted by molar-refractivity contribution is -0.245. The Morgan fingerprint density at radius 3 is 2.28 bits per heavy atom. The molecule has 1 fully saturated rings. The zero-order valence-corrected chi connectivity index (χ0v) is 23.2. The molecule has 1 saturated heterocycles. The van der Waals surface area contributed by atoms with Crippen molar-refractivity contribution < 1.29 is 41.1 Å². The molecule has 1 aromatic rings. The van der Waals surface area contributed by atoms with Crippen molar-refractivity contribution in [2.45, 2.75) is 83.5 Å². The number of esters is 2. The van der Waals surface area contributed by atoms with Crippen molar-refractivity contribution in [2.24, 2.45) is 5.41 Å². The van der Waals surface area contributed by atoms with E-state index in [2.05, 4.69) is 0 Å². The molecule has 0 bridgehead atoms. The maximum absolute atomic E-state index is 12.9. The average molecular weight is 530 g/mol. The molecule has 1 aromatic carbocycles. The molecule has 0 aliphatic carbocycles. The molecule has 1 heterocycles. The number of likely N-dealkylation sites (N-methyl/N-ethyl adjacent to an activating group) is 1. The van der Waals surface area contributed by atoms with Crippen LogP contribution in [0.25, 0.3) is 0 Å². The monoisotopic (exact) mass is 529 g/mol. The molecule has 1 aliphatic heterocycles. The predicted octanol–water partition coefficient (Wildman–Crippen LogP) is 2.67. The van der Waals surface area contributed by atoms with Gasteiger partial charge in [0.2, 0.25) is 0 Å². The van der Waals surface area contributed by atoms with Crippen LogP contribution in [0.1, 0.15) is 46.6 Å². The smallest absolute Gasteiger partial charge is 0.311 e. The molecule has 0 saturated carbocycles. The summed E-state index contributed by atoms with van der Waals surface area (Å²) >= 11 is 0. The standard InChI is InChI=1S/C25H39NO9S/c1-16-9-11-20(12-10-16)36(29,30)35-19(15-32-24(28)25(4,5)6)14-31-22-13-21(26(7)8)23(17(2)33-22)34-18(3)27/h9-12,17,19,21-23H,13-15H2,1-8H3/t17-,19+,21-,22+,23-/m1/s1. The summed E-state index contributed by atoms with van der Waals surface area (Å²) in [4.78, 5) is 25.7. The number of benzene rings is 1. The zero-order valence-electron chi connectivity index (χ0n) is 22.3. The molecule has 0 spiro atoms. The molecular formula is C25H39NO9S. The van der Waals surface area contributed by atoms with Crippen LogP contribution in [0.15, 0.2) is 29.2 Å². The molecule has 2 rings (SSSR count). The summed E-state index contributed by atoms with van der Waals surface area (Å²) in [6.45, 7) is 9.53. The van der Waals surface area contributed by atoms with Crippen LogP contribution in [-0.4, -0.2) is 83.2 Å². The van der Waals surface area contributed by atoms with Crippen molar-refractivity contribution in [3.05, 3.63) is 29.8 Å². The van der Waals surface area contributed by atoms with Crippen LogP contribution in [0.5, 0.6) is 0 Å². The van der Waals surface area contributed by atoms with E-state index < -0.39 is 52.1 Å². The molecule has 36 heavy (non-hydrogen) atoms. The fourth-order valence-electron chi connectivity index (χ4n) is 3.64. The highest BCUT2D eigenvalue weighted by atomic mass is 32.2. The lowest BCUT2D eigenvalue weighted by atomic mass is 9.97. The van der Waals surface area contributed by atoms with Gasteiger partial charge in [-0.05, 0) is 60.8 Å². The summed E-state index contributed by atoms with van der Waals surface area (Å²) < 4.78 is 53.8. The molecule has 1 aliphatic rings. The number of carbonyl (C=O) groups is 2. The summed E-state index contributed by atoms with van der Waals surface area (Å²) in [5.41, 5.74) is 0.132. The number of ether oxygens (including phenoxy) is 4. The van der Waals surface area contributed by atoms with Crippen LogP contribution in [0.2, 0.25) is 0 Å². The molecule has 10 nitrogen and oxygen atoms in total. The quantitative estimate of drug-likeness (QED) is 0.331. The summed E-state index contributed by atoms with van der Waals surface area (Å²) in [6.07, 6.45) is -2.40. The van der Waals surface area contributed by atoms with Crippen LogP contribution in [-0.2, 0) is 42.8 Å². The highest BCUT2D eigenvalue weighted by Gasteiger charge is 2.41. The second kappa shape index (κ2) is 12.5. The minimum absolute atomic E-state index is 0.0142. The van der Waals surface area contributed by atoms with Gasteiger partial charge < -0.3 is 23.8 Å². The highest BCUT2D eigenvalue weighted by Crippen LogP contribution is 2.27. The Bertz CT molecular complexity index is 986. The second-order valence-electron chi connectivity index (χ2n) is 10.3. The number of hydrogen-bond donors (Lipinski definition) is 0. The Kier molecular flexibility index (Phi) is 10.4. The van der Waals surface area contributed by atoms with E-state index in [1.165, 1.54) is 19.1 Å². The highest BCUT2D eigenvalue weighted by molar-refractivity contribution is 7.86. The number of hydrogen-bond acceptors (Lipinski definition) is 10. The second-order valence-corrected chi connectivity index (χ2v) is 11.9. The lowest BCUT2D eigenvalue weighted by Crippen LogP contribution is -2.55. The Hall–Kier alpha value is -2.05. The van der Waals surface area contributed by atoms with E-state index in [4.69, 9.17) is 23.1 Å². The fourth-order valence-corrected chi connectivity index (χ4v) is 4.69. The van der Waals surface area contributed by atoms with Crippen LogP contribution in [0.4, 0.5) is 0 Å². The van der Waals surface area contributed by atoms with Crippen LogP contribution in [0, 0.1) is 12.3 Å². The van der Waals surface area contributed by atoms with E-state index in [0.717, 1.165) is 5.56 Å². The summed E-state index contributed by atoms with van der Waals surface area (Å²) in [6, 6.07) is 6.05. The van der Waals surface area contributed by atoms with Gasteiger partial charge in [-0.25, -0.2) is 0 Å². The van der Waals surface area contributed by atoms with E-state index in [1.807, 2.05) is 25.9 Å². The number of aryl methyl sites for hydroxylation is 1. The van der Waals surface area contributed by atoms with Gasteiger partial charge in [-0.2, -0.15) is 8.42 Å². The molecule has 11 heteroatoms. The van der Waals surface area contributed by atoms with Crippen molar-refractivity contribution in [1.82, 2.24) is 4.90 Å². The molecule has 0 amide bonds. The van der Waals surface area contributed by atoms with Crippen LogP contribution >= 0.6 is 0 Å². The van der Waals surface area contributed by atoms with Crippen molar-refractivity contribution in [1.29, 1.82) is 0 Å². The Labute approximate surface area is 214 Å². The molecule has 0 aromatic heterocycles. The van der Waals surface area contributed by atoms with Gasteiger partial charge in [0, 0.05) is 13.3 Å². The van der Waals surface area contributed by atoms with Gasteiger partial charge >= 0.3 is 11.9 Å². The SMILES string of the molecule is CC(=O)O[C@H]1[C@H](N(C)C)C[C@@H](OC[C@@H](COC(=O)C(C)(C)C)OS(=O)(=O)c2ccc(C)cc2)O[C@@H]1C. The largest absolute Gasteiger partial charge is 0.462 e. The number of rotatable bonds is 10. The first-order chi connectivity index (χ1) is 16.6. The molecule has 0 unspecified atom stereocenters. The van der Waals surface area contributed by atoms with E-state index in [9.17, 15) is 18.0 Å². The van der Waals surface area contributed by atoms with E-state index >= 15 is 0 Å². The van der Waals surface area contributed by atoms with Gasteiger partial charge in [0.15, 0.2) is 6.29 Å². The fraction of sp³-hybridized carbons (Fsp3) is 0.680. The normalized spacial score (nSPS) is 23.8. The van der Waals surface area contributed by atoms with E-state index in [1.54, 1.807) is 39.8 Å². The molecule has 5 atom stereocenters. The Morgan fingerprint density at radius 1 is 1.14 bits per heavy atom. The van der Waals surface area contributed by atoms with Gasteiger partial charge in [0.05, 0.1) is 29.1 Å². The third kappa shape index (κ3) is 8.81. The molecular weight excluding hydrogens is 490 g/mol. The average Bonchev–Trinajstić information content (AvgIpc) is 2.75. The Morgan fingerprint density at radius 2 is 1.75 bits per heavy atom. The first-order valence-corrected chi connectivity index (χ1v) is 13.3. The van der Waals surface area contributed by atoms with Crippen molar-refractivity contribution >= 4 is 22.1 Å². The predicted molar refractivity (Wildman–Crippen MR) is 132 cm³/mol. The summed E-state index contributed by atoms with van der Waals surface area (Å²) in [5, 5.41) is 0. The molecule has 0 radical (unpaired) electrons. The summed E-state index contributed by atoms with van der Waals surface area (Å²) in [5.74, 6) is -0.902. The topological polar surface area (TPSA) is 118 Å². The zero-order chi connectivity index (χ0) is 27.3. The van der Waals surface area contributed by atoms with Gasteiger partial charge in [-0.15, -0.1) is 0 Å². The van der Waals surface area contributed by atoms with Crippen molar-refractivity contribution in [2.75, 3.05) is 27.3 Å². The third-order valence-corrected chi connectivity index (χ3v) is 7.04. The number of nitrogens with zero attached hydrogens (tertiary/aromatic N) is 1. The maximum atomic E-state index is 12.9. The maximum Gasteiger partial charge on any atom is 0.311 e. The molecule has 0 N–H and O–H groups in total. The first-order valence-electron chi connectivity index (χ1n) is 11.9. The molecule has 204 valence electrons. The van der Waals surface area contributed by atoms with Gasteiger partial charge in [0.1, 0.15) is 18.8 Å². The minimum Gasteiger partial charge on any atom is -0.462 e. The van der Waals surface area contributed by atoms with Gasteiger partial charge in [-0.1, -0.05) is 17.7 Å². The number of carbonyl (C=O) groups excluding carboxylic acids is 2.